The summed E-state index contributed by atoms with van der Waals surface area (Å²) in [5, 5.41) is 2.05. The van der Waals surface area contributed by atoms with Crippen molar-refractivity contribution in [1.82, 2.24) is 10.0 Å². The Morgan fingerprint density at radius 2 is 1.89 bits per heavy atom. The number of likely N-dealkylation sites (N-methyl/N-ethyl adjacent to an activating group) is 1. The van der Waals surface area contributed by atoms with Gasteiger partial charge in [0.1, 0.15) is 4.90 Å². The van der Waals surface area contributed by atoms with Crippen LogP contribution in [0.2, 0.25) is 10.0 Å². The summed E-state index contributed by atoms with van der Waals surface area (Å²) in [6.07, 6.45) is 0. The van der Waals surface area contributed by atoms with Crippen LogP contribution in [0.5, 0.6) is 0 Å². The van der Waals surface area contributed by atoms with Gasteiger partial charge in [-0.15, -0.1) is 12.4 Å². The molecule has 18 heavy (non-hydrogen) atoms. The van der Waals surface area contributed by atoms with Gasteiger partial charge in [-0.2, -0.15) is 0 Å². The Balaban J connectivity index is 0.00000289. The van der Waals surface area contributed by atoms with Crippen molar-refractivity contribution >= 4 is 45.6 Å². The molecule has 0 aliphatic rings. The van der Waals surface area contributed by atoms with E-state index in [1.165, 1.54) is 0 Å². The van der Waals surface area contributed by atoms with Gasteiger partial charge in [0.15, 0.2) is 5.82 Å². The van der Waals surface area contributed by atoms with Crippen LogP contribution in [0.25, 0.3) is 0 Å². The number of rotatable bonds is 5. The van der Waals surface area contributed by atoms with Gasteiger partial charge in [0.25, 0.3) is 0 Å². The summed E-state index contributed by atoms with van der Waals surface area (Å²) in [7, 11) is -2.14. The van der Waals surface area contributed by atoms with E-state index in [9.17, 15) is 12.8 Å². The van der Waals surface area contributed by atoms with Crippen molar-refractivity contribution in [3.8, 4) is 0 Å². The summed E-state index contributed by atoms with van der Waals surface area (Å²) in [5.74, 6) is -0.940. The molecule has 0 bridgehead atoms. The molecule has 0 radical (unpaired) electrons. The van der Waals surface area contributed by atoms with E-state index in [0.29, 0.717) is 6.54 Å². The maximum atomic E-state index is 13.3. The predicted octanol–water partition coefficient (Wildman–Crippen LogP) is 2.05. The average molecular weight is 338 g/mol. The molecule has 1 rings (SSSR count). The summed E-state index contributed by atoms with van der Waals surface area (Å²) < 4.78 is 39.1. The molecule has 1 aromatic carbocycles. The second kappa shape index (κ2) is 7.47. The minimum atomic E-state index is -3.82. The molecule has 0 saturated carbocycles. The number of halogens is 4. The Morgan fingerprint density at radius 1 is 1.28 bits per heavy atom. The Hall–Kier alpha value is -0.110. The standard InChI is InChI=1S/C9H11Cl2FN2O2S.ClH/c1-13-4-5-14-17(15,16)7-3-2-6(10)9(12)8(7)11;/h2-3,13-14H,4-5H2,1H3;1H. The van der Waals surface area contributed by atoms with E-state index in [2.05, 4.69) is 10.0 Å². The molecule has 0 spiro atoms. The van der Waals surface area contributed by atoms with E-state index in [1.54, 1.807) is 7.05 Å². The van der Waals surface area contributed by atoms with Crippen LogP contribution in [0.3, 0.4) is 0 Å². The lowest BCUT2D eigenvalue weighted by molar-refractivity contribution is 0.576. The summed E-state index contributed by atoms with van der Waals surface area (Å²) in [5.41, 5.74) is 0. The molecule has 2 N–H and O–H groups in total. The Labute approximate surface area is 121 Å². The van der Waals surface area contributed by atoms with Gasteiger partial charge in [-0.3, -0.25) is 0 Å². The minimum Gasteiger partial charge on any atom is -0.318 e. The molecule has 0 heterocycles. The summed E-state index contributed by atoms with van der Waals surface area (Å²) in [6.45, 7) is 0.631. The van der Waals surface area contributed by atoms with E-state index in [1.807, 2.05) is 0 Å². The molecule has 0 saturated heterocycles. The van der Waals surface area contributed by atoms with E-state index in [0.717, 1.165) is 12.1 Å². The van der Waals surface area contributed by atoms with Crippen molar-refractivity contribution in [3.05, 3.63) is 28.0 Å². The monoisotopic (exact) mass is 336 g/mol. The lowest BCUT2D eigenvalue weighted by Gasteiger charge is -2.09. The Morgan fingerprint density at radius 3 is 2.44 bits per heavy atom. The highest BCUT2D eigenvalue weighted by Crippen LogP contribution is 2.29. The Kier molecular flexibility index (Phi) is 7.43. The van der Waals surface area contributed by atoms with Crippen LogP contribution in [-0.2, 0) is 10.0 Å². The van der Waals surface area contributed by atoms with Gasteiger partial charge in [-0.1, -0.05) is 23.2 Å². The number of sulfonamides is 1. The fourth-order valence-corrected chi connectivity index (χ4v) is 2.88. The SMILES string of the molecule is CNCCNS(=O)(=O)c1ccc(Cl)c(F)c1Cl.Cl. The third-order valence-corrected chi connectivity index (χ3v) is 4.23. The van der Waals surface area contributed by atoms with E-state index < -0.39 is 20.9 Å². The van der Waals surface area contributed by atoms with Crippen molar-refractivity contribution in [3.63, 3.8) is 0 Å². The van der Waals surface area contributed by atoms with Gasteiger partial charge in [-0.05, 0) is 19.2 Å². The molecular weight excluding hydrogens is 326 g/mol. The third kappa shape index (κ3) is 4.22. The number of hydrogen-bond donors (Lipinski definition) is 2. The first kappa shape index (κ1) is 17.9. The average Bonchev–Trinajstić information content (AvgIpc) is 2.26. The lowest BCUT2D eigenvalue weighted by atomic mass is 10.3. The fourth-order valence-electron chi connectivity index (χ4n) is 1.10. The lowest BCUT2D eigenvalue weighted by Crippen LogP contribution is -2.30. The summed E-state index contributed by atoms with van der Waals surface area (Å²) in [4.78, 5) is -0.322. The quantitative estimate of drug-likeness (QED) is 0.639. The number of hydrogen-bond acceptors (Lipinski definition) is 3. The van der Waals surface area contributed by atoms with Crippen molar-refractivity contribution in [2.24, 2.45) is 0 Å². The molecule has 0 aromatic heterocycles. The summed E-state index contributed by atoms with van der Waals surface area (Å²) >= 11 is 11.1. The molecule has 0 aliphatic carbocycles. The fraction of sp³-hybridized carbons (Fsp3) is 0.333. The van der Waals surface area contributed by atoms with E-state index >= 15 is 0 Å². The van der Waals surface area contributed by atoms with Crippen LogP contribution in [0.15, 0.2) is 17.0 Å². The topological polar surface area (TPSA) is 58.2 Å². The first-order valence-corrected chi connectivity index (χ1v) is 6.92. The number of nitrogens with one attached hydrogen (secondary N) is 2. The van der Waals surface area contributed by atoms with Crippen LogP contribution in [0.4, 0.5) is 4.39 Å². The molecule has 4 nitrogen and oxygen atoms in total. The van der Waals surface area contributed by atoms with Crippen molar-refractivity contribution in [1.29, 1.82) is 0 Å². The van der Waals surface area contributed by atoms with Crippen LogP contribution in [-0.4, -0.2) is 28.6 Å². The van der Waals surface area contributed by atoms with Gasteiger partial charge in [0, 0.05) is 13.1 Å². The summed E-state index contributed by atoms with van der Waals surface area (Å²) in [6, 6.07) is 2.31. The molecule has 104 valence electrons. The third-order valence-electron chi connectivity index (χ3n) is 1.96. The first-order chi connectivity index (χ1) is 7.90. The second-order valence-corrected chi connectivity index (χ2v) is 5.70. The molecular formula is C9H12Cl3FN2O2S. The molecule has 0 amide bonds. The molecule has 0 aliphatic heterocycles. The van der Waals surface area contributed by atoms with Gasteiger partial charge >= 0.3 is 0 Å². The predicted molar refractivity (Wildman–Crippen MR) is 72.8 cm³/mol. The van der Waals surface area contributed by atoms with E-state index in [4.69, 9.17) is 23.2 Å². The molecule has 0 unspecified atom stereocenters. The zero-order valence-electron chi connectivity index (χ0n) is 9.34. The second-order valence-electron chi connectivity index (χ2n) is 3.17. The maximum absolute atomic E-state index is 13.3. The van der Waals surface area contributed by atoms with Crippen molar-refractivity contribution < 1.29 is 12.8 Å². The van der Waals surface area contributed by atoms with Crippen molar-refractivity contribution in [2.75, 3.05) is 20.1 Å². The maximum Gasteiger partial charge on any atom is 0.242 e. The largest absolute Gasteiger partial charge is 0.318 e. The highest BCUT2D eigenvalue weighted by molar-refractivity contribution is 7.89. The Bertz CT molecular complexity index is 511. The molecule has 1 aromatic rings. The van der Waals surface area contributed by atoms with Gasteiger partial charge in [-0.25, -0.2) is 17.5 Å². The van der Waals surface area contributed by atoms with E-state index in [-0.39, 0.29) is 28.9 Å². The number of benzene rings is 1. The zero-order chi connectivity index (χ0) is 13.1. The van der Waals surface area contributed by atoms with Crippen LogP contribution in [0.1, 0.15) is 0 Å². The van der Waals surface area contributed by atoms with Crippen LogP contribution >= 0.6 is 35.6 Å². The molecule has 9 heteroatoms. The highest BCUT2D eigenvalue weighted by atomic mass is 35.5. The highest BCUT2D eigenvalue weighted by Gasteiger charge is 2.21. The van der Waals surface area contributed by atoms with Gasteiger partial charge in [0.05, 0.1) is 10.0 Å². The molecule has 0 atom stereocenters. The zero-order valence-corrected chi connectivity index (χ0v) is 12.5. The first-order valence-electron chi connectivity index (χ1n) is 4.68. The molecule has 0 fully saturated rings. The van der Waals surface area contributed by atoms with Gasteiger partial charge in [0.2, 0.25) is 10.0 Å². The normalized spacial score (nSPS) is 11.1. The smallest absolute Gasteiger partial charge is 0.242 e. The van der Waals surface area contributed by atoms with Crippen LogP contribution in [0, 0.1) is 5.82 Å². The van der Waals surface area contributed by atoms with Crippen LogP contribution < -0.4 is 10.0 Å². The minimum absolute atomic E-state index is 0. The van der Waals surface area contributed by atoms with Crippen molar-refractivity contribution in [2.45, 2.75) is 4.90 Å². The van der Waals surface area contributed by atoms with Gasteiger partial charge < -0.3 is 5.32 Å².